The smallest absolute Gasteiger partial charge is 0.317 e. The van der Waals surface area contributed by atoms with Crippen molar-refractivity contribution in [2.45, 2.75) is 24.9 Å². The van der Waals surface area contributed by atoms with Crippen molar-refractivity contribution in [2.24, 2.45) is 5.92 Å². The number of carbonyl (C=O) groups excluding carboxylic acids is 1. The molecule has 5 nitrogen and oxygen atoms in total. The lowest BCUT2D eigenvalue weighted by atomic mass is 10.0. The average Bonchev–Trinajstić information content (AvgIpc) is 3.16. The van der Waals surface area contributed by atoms with Crippen LogP contribution in [-0.2, 0) is 0 Å². The standard InChI is InChI=1S/C17H24ClN3O2/c1-20-8-7-15(16(20)13-2-4-14(18)5-3-13)19-17(23)21-9-6-12(10-21)11-22/h2-5,12,15-16,22H,6-11H2,1H3,(H,19,23). The van der Waals surface area contributed by atoms with E-state index in [0.717, 1.165) is 31.0 Å². The summed E-state index contributed by atoms with van der Waals surface area (Å²) in [6, 6.07) is 8.12. The summed E-state index contributed by atoms with van der Waals surface area (Å²) in [5.74, 6) is 0.221. The number of benzene rings is 1. The van der Waals surface area contributed by atoms with E-state index in [1.54, 1.807) is 0 Å². The number of urea groups is 1. The van der Waals surface area contributed by atoms with Crippen molar-refractivity contribution >= 4 is 17.6 Å². The predicted octanol–water partition coefficient (Wildman–Crippen LogP) is 2.11. The summed E-state index contributed by atoms with van der Waals surface area (Å²) in [5.41, 5.74) is 1.18. The molecule has 23 heavy (non-hydrogen) atoms. The Balaban J connectivity index is 1.66. The van der Waals surface area contributed by atoms with Gasteiger partial charge in [-0.3, -0.25) is 4.90 Å². The highest BCUT2D eigenvalue weighted by Gasteiger charge is 2.35. The molecule has 0 saturated carbocycles. The van der Waals surface area contributed by atoms with E-state index < -0.39 is 0 Å². The van der Waals surface area contributed by atoms with Gasteiger partial charge in [0.05, 0.1) is 12.1 Å². The lowest BCUT2D eigenvalue weighted by Gasteiger charge is -2.28. The summed E-state index contributed by atoms with van der Waals surface area (Å²) in [5, 5.41) is 13.1. The van der Waals surface area contributed by atoms with Crippen LogP contribution in [0.1, 0.15) is 24.4 Å². The molecule has 0 bridgehead atoms. The summed E-state index contributed by atoms with van der Waals surface area (Å²) in [7, 11) is 2.09. The third-order valence-corrected chi connectivity index (χ3v) is 5.25. The first-order chi connectivity index (χ1) is 11.1. The van der Waals surface area contributed by atoms with Crippen molar-refractivity contribution in [3.8, 4) is 0 Å². The number of hydrogen-bond acceptors (Lipinski definition) is 3. The first kappa shape index (κ1) is 16.6. The van der Waals surface area contributed by atoms with Gasteiger partial charge in [-0.25, -0.2) is 4.79 Å². The zero-order chi connectivity index (χ0) is 16.4. The van der Waals surface area contributed by atoms with Gasteiger partial charge in [-0.05, 0) is 37.6 Å². The first-order valence-electron chi connectivity index (χ1n) is 8.20. The van der Waals surface area contributed by atoms with Crippen molar-refractivity contribution in [2.75, 3.05) is 33.3 Å². The summed E-state index contributed by atoms with van der Waals surface area (Å²) >= 11 is 5.98. The van der Waals surface area contributed by atoms with E-state index in [9.17, 15) is 9.90 Å². The molecule has 2 saturated heterocycles. The lowest BCUT2D eigenvalue weighted by Crippen LogP contribution is -2.46. The van der Waals surface area contributed by atoms with Gasteiger partial charge in [-0.15, -0.1) is 0 Å². The van der Waals surface area contributed by atoms with E-state index in [-0.39, 0.29) is 30.6 Å². The number of nitrogens with one attached hydrogen (secondary N) is 1. The molecule has 0 aliphatic carbocycles. The highest BCUT2D eigenvalue weighted by atomic mass is 35.5. The summed E-state index contributed by atoms with van der Waals surface area (Å²) in [6.07, 6.45) is 1.82. The third-order valence-electron chi connectivity index (χ3n) is 5.00. The van der Waals surface area contributed by atoms with Crippen LogP contribution in [0.25, 0.3) is 0 Å². The number of rotatable bonds is 3. The van der Waals surface area contributed by atoms with Crippen LogP contribution in [0.3, 0.4) is 0 Å². The molecular weight excluding hydrogens is 314 g/mol. The molecule has 0 aromatic heterocycles. The Kier molecular flexibility index (Phi) is 5.09. The minimum absolute atomic E-state index is 0.0137. The van der Waals surface area contributed by atoms with Crippen LogP contribution in [0.2, 0.25) is 5.02 Å². The minimum Gasteiger partial charge on any atom is -0.396 e. The number of amides is 2. The molecular formula is C17H24ClN3O2. The summed E-state index contributed by atoms with van der Waals surface area (Å²) in [6.45, 7) is 2.49. The molecule has 3 rings (SSSR count). The van der Waals surface area contributed by atoms with Crippen molar-refractivity contribution in [1.82, 2.24) is 15.1 Å². The zero-order valence-electron chi connectivity index (χ0n) is 13.4. The Morgan fingerprint density at radius 2 is 2.04 bits per heavy atom. The van der Waals surface area contributed by atoms with Crippen molar-refractivity contribution in [3.05, 3.63) is 34.9 Å². The lowest BCUT2D eigenvalue weighted by molar-refractivity contribution is 0.191. The van der Waals surface area contributed by atoms with Crippen LogP contribution < -0.4 is 5.32 Å². The molecule has 2 heterocycles. The topological polar surface area (TPSA) is 55.8 Å². The number of aliphatic hydroxyl groups excluding tert-OH is 1. The molecule has 2 amide bonds. The average molecular weight is 338 g/mol. The fourth-order valence-corrected chi connectivity index (χ4v) is 3.79. The molecule has 2 aliphatic rings. The van der Waals surface area contributed by atoms with Crippen molar-refractivity contribution < 1.29 is 9.90 Å². The second-order valence-corrected chi connectivity index (χ2v) is 7.04. The van der Waals surface area contributed by atoms with Crippen molar-refractivity contribution in [1.29, 1.82) is 0 Å². The van der Waals surface area contributed by atoms with E-state index in [2.05, 4.69) is 17.3 Å². The maximum absolute atomic E-state index is 12.5. The Bertz CT molecular complexity index is 551. The Morgan fingerprint density at radius 1 is 1.30 bits per heavy atom. The monoisotopic (exact) mass is 337 g/mol. The van der Waals surface area contributed by atoms with Gasteiger partial charge < -0.3 is 15.3 Å². The van der Waals surface area contributed by atoms with E-state index in [1.807, 2.05) is 29.2 Å². The summed E-state index contributed by atoms with van der Waals surface area (Å²) in [4.78, 5) is 16.6. The van der Waals surface area contributed by atoms with Crippen LogP contribution in [0.15, 0.2) is 24.3 Å². The number of halogens is 1. The quantitative estimate of drug-likeness (QED) is 0.888. The van der Waals surface area contributed by atoms with Crippen molar-refractivity contribution in [3.63, 3.8) is 0 Å². The molecule has 2 fully saturated rings. The number of likely N-dealkylation sites (tertiary alicyclic amines) is 2. The van der Waals surface area contributed by atoms with E-state index in [0.29, 0.717) is 6.54 Å². The van der Waals surface area contributed by atoms with Gasteiger partial charge in [-0.2, -0.15) is 0 Å². The Morgan fingerprint density at radius 3 is 2.70 bits per heavy atom. The number of likely N-dealkylation sites (N-methyl/N-ethyl adjacent to an activating group) is 1. The minimum atomic E-state index is -0.0137. The predicted molar refractivity (Wildman–Crippen MR) is 90.5 cm³/mol. The van der Waals surface area contributed by atoms with Gasteiger partial charge in [0.25, 0.3) is 0 Å². The van der Waals surface area contributed by atoms with Crippen LogP contribution in [0, 0.1) is 5.92 Å². The maximum Gasteiger partial charge on any atom is 0.317 e. The van der Waals surface area contributed by atoms with E-state index >= 15 is 0 Å². The third kappa shape index (κ3) is 3.62. The fourth-order valence-electron chi connectivity index (χ4n) is 3.66. The number of carbonyl (C=O) groups is 1. The molecule has 3 unspecified atom stereocenters. The summed E-state index contributed by atoms with van der Waals surface area (Å²) < 4.78 is 0. The fraction of sp³-hybridized carbons (Fsp3) is 0.588. The maximum atomic E-state index is 12.5. The van der Waals surface area contributed by atoms with Gasteiger partial charge >= 0.3 is 6.03 Å². The van der Waals surface area contributed by atoms with Gasteiger partial charge in [0.1, 0.15) is 0 Å². The van der Waals surface area contributed by atoms with Gasteiger partial charge in [0.15, 0.2) is 0 Å². The molecule has 0 spiro atoms. The van der Waals surface area contributed by atoms with E-state index in [1.165, 1.54) is 5.56 Å². The Labute approximate surface area is 142 Å². The molecule has 3 atom stereocenters. The van der Waals surface area contributed by atoms with Gasteiger partial charge in [-0.1, -0.05) is 23.7 Å². The number of hydrogen-bond donors (Lipinski definition) is 2. The van der Waals surface area contributed by atoms with E-state index in [4.69, 9.17) is 11.6 Å². The largest absolute Gasteiger partial charge is 0.396 e. The van der Waals surface area contributed by atoms with Crippen LogP contribution in [0.5, 0.6) is 0 Å². The molecule has 1 aromatic carbocycles. The molecule has 0 radical (unpaired) electrons. The highest BCUT2D eigenvalue weighted by Crippen LogP contribution is 2.32. The SMILES string of the molecule is CN1CCC(NC(=O)N2CCC(CO)C2)C1c1ccc(Cl)cc1. The van der Waals surface area contributed by atoms with Crippen LogP contribution >= 0.6 is 11.6 Å². The molecule has 2 aliphatic heterocycles. The van der Waals surface area contributed by atoms with Crippen LogP contribution in [-0.4, -0.2) is 60.3 Å². The second kappa shape index (κ2) is 7.07. The van der Waals surface area contributed by atoms with Gasteiger partial charge in [0.2, 0.25) is 0 Å². The first-order valence-corrected chi connectivity index (χ1v) is 8.58. The molecule has 2 N–H and O–H groups in total. The number of nitrogens with zero attached hydrogens (tertiary/aromatic N) is 2. The Hall–Kier alpha value is -1.30. The van der Waals surface area contributed by atoms with Crippen LogP contribution in [0.4, 0.5) is 4.79 Å². The zero-order valence-corrected chi connectivity index (χ0v) is 14.2. The highest BCUT2D eigenvalue weighted by molar-refractivity contribution is 6.30. The second-order valence-electron chi connectivity index (χ2n) is 6.60. The molecule has 6 heteroatoms. The van der Waals surface area contributed by atoms with Gasteiger partial charge in [0, 0.05) is 37.2 Å². The number of aliphatic hydroxyl groups is 1. The normalized spacial score (nSPS) is 28.3. The molecule has 126 valence electrons. The molecule has 1 aromatic rings.